The Morgan fingerprint density at radius 1 is 0.968 bits per heavy atom. The molecule has 2 heterocycles. The highest BCUT2D eigenvalue weighted by Gasteiger charge is 2.12. The van der Waals surface area contributed by atoms with Crippen LogP contribution in [0.3, 0.4) is 0 Å². The van der Waals surface area contributed by atoms with E-state index in [2.05, 4.69) is 10.1 Å². The predicted octanol–water partition coefficient (Wildman–Crippen LogP) is 1.68. The number of fused-ring (bicyclic) bond motifs is 1. The first-order valence-electron chi connectivity index (χ1n) is 9.32. The summed E-state index contributed by atoms with van der Waals surface area (Å²) in [5, 5.41) is 4.28. The molecule has 0 bridgehead atoms. The molecule has 0 saturated carbocycles. The van der Waals surface area contributed by atoms with Gasteiger partial charge in [-0.1, -0.05) is 23.5 Å². The van der Waals surface area contributed by atoms with Crippen molar-refractivity contribution in [3.05, 3.63) is 84.5 Å². The van der Waals surface area contributed by atoms with Crippen LogP contribution in [-0.2, 0) is 6.42 Å². The fourth-order valence-corrected chi connectivity index (χ4v) is 3.96. The standard InChI is InChI=1S/C22H19N3O5S/c1-28-15-7-4-13(5-8-15)10-17-20(26)23-22-25(24-17)21(27)19(31-22)11-14-6-9-16(29-2)12-18(14)30-3/h4-9,11-12H,10H2,1-3H3/b19-11+. The molecular weight excluding hydrogens is 418 g/mol. The van der Waals surface area contributed by atoms with Gasteiger partial charge in [-0.25, -0.2) is 0 Å². The van der Waals surface area contributed by atoms with Crippen LogP contribution in [0.5, 0.6) is 17.2 Å². The van der Waals surface area contributed by atoms with Gasteiger partial charge in [0.2, 0.25) is 4.96 Å². The average molecular weight is 437 g/mol. The number of thiazole rings is 1. The lowest BCUT2D eigenvalue weighted by atomic mass is 10.1. The number of ether oxygens (including phenoxy) is 3. The van der Waals surface area contributed by atoms with Gasteiger partial charge in [0.05, 0.1) is 25.9 Å². The van der Waals surface area contributed by atoms with E-state index in [1.165, 1.54) is 4.52 Å². The van der Waals surface area contributed by atoms with Crippen molar-refractivity contribution in [3.8, 4) is 17.2 Å². The third-order valence-electron chi connectivity index (χ3n) is 4.71. The van der Waals surface area contributed by atoms with E-state index in [1.807, 2.05) is 12.1 Å². The Hall–Kier alpha value is -3.72. The number of rotatable bonds is 6. The van der Waals surface area contributed by atoms with Crippen LogP contribution in [0.15, 0.2) is 52.1 Å². The molecule has 9 heteroatoms. The second-order valence-electron chi connectivity index (χ2n) is 6.61. The lowest BCUT2D eigenvalue weighted by Crippen LogP contribution is -2.28. The second-order valence-corrected chi connectivity index (χ2v) is 7.62. The number of methoxy groups -OCH3 is 3. The van der Waals surface area contributed by atoms with Crippen molar-refractivity contribution < 1.29 is 14.2 Å². The second kappa shape index (κ2) is 8.57. The maximum atomic E-state index is 12.9. The van der Waals surface area contributed by atoms with Crippen LogP contribution in [-0.4, -0.2) is 35.9 Å². The van der Waals surface area contributed by atoms with Crippen molar-refractivity contribution in [2.75, 3.05) is 21.3 Å². The Kier molecular flexibility index (Phi) is 5.68. The highest BCUT2D eigenvalue weighted by molar-refractivity contribution is 7.15. The molecule has 2 aromatic carbocycles. The van der Waals surface area contributed by atoms with Crippen LogP contribution in [0.25, 0.3) is 11.0 Å². The van der Waals surface area contributed by atoms with E-state index < -0.39 is 5.56 Å². The first-order valence-corrected chi connectivity index (χ1v) is 10.1. The molecule has 0 aliphatic carbocycles. The van der Waals surface area contributed by atoms with Gasteiger partial charge in [0, 0.05) is 18.1 Å². The molecule has 0 fully saturated rings. The van der Waals surface area contributed by atoms with Gasteiger partial charge in [-0.15, -0.1) is 0 Å². The van der Waals surface area contributed by atoms with Crippen molar-refractivity contribution in [1.82, 2.24) is 14.6 Å². The topological polar surface area (TPSA) is 92.0 Å². The third kappa shape index (κ3) is 4.13. The van der Waals surface area contributed by atoms with Gasteiger partial charge in [-0.3, -0.25) is 9.59 Å². The summed E-state index contributed by atoms with van der Waals surface area (Å²) in [6.45, 7) is 0. The Bertz CT molecular complexity index is 1410. The van der Waals surface area contributed by atoms with Gasteiger partial charge in [0.1, 0.15) is 22.9 Å². The lowest BCUT2D eigenvalue weighted by Gasteiger charge is -2.06. The van der Waals surface area contributed by atoms with Gasteiger partial charge < -0.3 is 14.2 Å². The smallest absolute Gasteiger partial charge is 0.296 e. The summed E-state index contributed by atoms with van der Waals surface area (Å²) in [6, 6.07) is 12.6. The number of benzene rings is 2. The molecule has 0 N–H and O–H groups in total. The summed E-state index contributed by atoms with van der Waals surface area (Å²) < 4.78 is 17.3. The SMILES string of the molecule is COc1ccc(Cc2nn3c(=O)/c(=C\c4ccc(OC)cc4OC)sc3nc2=O)cc1. The normalized spacial score (nSPS) is 11.6. The van der Waals surface area contributed by atoms with Gasteiger partial charge in [-0.2, -0.15) is 14.6 Å². The van der Waals surface area contributed by atoms with Crippen LogP contribution in [0.2, 0.25) is 0 Å². The van der Waals surface area contributed by atoms with Crippen molar-refractivity contribution in [3.63, 3.8) is 0 Å². The maximum Gasteiger partial charge on any atom is 0.296 e. The molecule has 8 nitrogen and oxygen atoms in total. The zero-order valence-electron chi connectivity index (χ0n) is 17.1. The van der Waals surface area contributed by atoms with Gasteiger partial charge in [-0.05, 0) is 35.9 Å². The van der Waals surface area contributed by atoms with Crippen molar-refractivity contribution in [2.45, 2.75) is 6.42 Å². The zero-order valence-corrected chi connectivity index (χ0v) is 17.9. The highest BCUT2D eigenvalue weighted by atomic mass is 32.1. The number of hydrogen-bond acceptors (Lipinski definition) is 8. The summed E-state index contributed by atoms with van der Waals surface area (Å²) in [4.78, 5) is 29.7. The maximum absolute atomic E-state index is 12.9. The Balaban J connectivity index is 1.76. The quantitative estimate of drug-likeness (QED) is 0.453. The fourth-order valence-electron chi connectivity index (χ4n) is 3.07. The minimum absolute atomic E-state index is 0.200. The predicted molar refractivity (Wildman–Crippen MR) is 118 cm³/mol. The van der Waals surface area contributed by atoms with Crippen LogP contribution in [0.4, 0.5) is 0 Å². The molecule has 0 spiro atoms. The molecule has 0 unspecified atom stereocenters. The van der Waals surface area contributed by atoms with Gasteiger partial charge >= 0.3 is 0 Å². The van der Waals surface area contributed by atoms with E-state index in [1.54, 1.807) is 57.7 Å². The number of hydrogen-bond donors (Lipinski definition) is 0. The number of aromatic nitrogens is 3. The lowest BCUT2D eigenvalue weighted by molar-refractivity contribution is 0.393. The third-order valence-corrected chi connectivity index (χ3v) is 5.67. The van der Waals surface area contributed by atoms with E-state index in [-0.39, 0.29) is 22.6 Å². The molecule has 0 saturated heterocycles. The minimum atomic E-state index is -0.453. The van der Waals surface area contributed by atoms with Gasteiger partial charge in [0.15, 0.2) is 0 Å². The Morgan fingerprint density at radius 3 is 2.35 bits per heavy atom. The molecule has 4 rings (SSSR count). The highest BCUT2D eigenvalue weighted by Crippen LogP contribution is 2.25. The largest absolute Gasteiger partial charge is 0.497 e. The molecule has 0 amide bonds. The van der Waals surface area contributed by atoms with E-state index >= 15 is 0 Å². The summed E-state index contributed by atoms with van der Waals surface area (Å²) in [6.07, 6.45) is 1.95. The van der Waals surface area contributed by atoms with Crippen LogP contribution in [0.1, 0.15) is 16.8 Å². The van der Waals surface area contributed by atoms with Crippen LogP contribution in [0, 0.1) is 0 Å². The molecule has 2 aromatic heterocycles. The van der Waals surface area contributed by atoms with E-state index in [0.29, 0.717) is 21.6 Å². The minimum Gasteiger partial charge on any atom is -0.497 e. The first kappa shape index (κ1) is 20.5. The summed E-state index contributed by atoms with van der Waals surface area (Å²) in [5.41, 5.74) is 0.969. The molecule has 0 aliphatic rings. The fraction of sp³-hybridized carbons (Fsp3) is 0.182. The van der Waals surface area contributed by atoms with Crippen molar-refractivity contribution in [2.24, 2.45) is 0 Å². The van der Waals surface area contributed by atoms with E-state index in [4.69, 9.17) is 14.2 Å². The Morgan fingerprint density at radius 2 is 1.68 bits per heavy atom. The summed E-state index contributed by atoms with van der Waals surface area (Å²) in [5.74, 6) is 1.92. The molecular formula is C22H19N3O5S. The molecule has 4 aromatic rings. The van der Waals surface area contributed by atoms with Crippen LogP contribution >= 0.6 is 11.3 Å². The van der Waals surface area contributed by atoms with Gasteiger partial charge in [0.25, 0.3) is 11.1 Å². The Labute approximate surface area is 181 Å². The van der Waals surface area contributed by atoms with Crippen molar-refractivity contribution in [1.29, 1.82) is 0 Å². The molecule has 158 valence electrons. The summed E-state index contributed by atoms with van der Waals surface area (Å²) >= 11 is 1.10. The first-order chi connectivity index (χ1) is 15.0. The number of nitrogens with zero attached hydrogens (tertiary/aromatic N) is 3. The monoisotopic (exact) mass is 437 g/mol. The van der Waals surface area contributed by atoms with E-state index in [9.17, 15) is 9.59 Å². The molecule has 31 heavy (non-hydrogen) atoms. The van der Waals surface area contributed by atoms with Crippen LogP contribution < -0.4 is 29.9 Å². The molecule has 0 radical (unpaired) electrons. The van der Waals surface area contributed by atoms with E-state index in [0.717, 1.165) is 22.6 Å². The zero-order chi connectivity index (χ0) is 22.0. The molecule has 0 aliphatic heterocycles. The average Bonchev–Trinajstić information content (AvgIpc) is 3.09. The van der Waals surface area contributed by atoms with Crippen molar-refractivity contribution >= 4 is 22.4 Å². The summed E-state index contributed by atoms with van der Waals surface area (Å²) in [7, 11) is 4.70. The molecule has 0 atom stereocenters.